The molecule has 1 N–H and O–H groups in total. The molecule has 23 heavy (non-hydrogen) atoms. The number of pyridine rings is 1. The monoisotopic (exact) mass is 386 g/mol. The number of carbonyl (C=O) groups is 1. The molecule has 0 aliphatic rings. The zero-order valence-corrected chi connectivity index (χ0v) is 13.9. The Morgan fingerprint density at radius 1 is 1.26 bits per heavy atom. The molecule has 2 rings (SSSR count). The molecular formula is C15H13BrF2N2O3. The van der Waals surface area contributed by atoms with E-state index < -0.39 is 17.6 Å². The molecule has 0 bridgehead atoms. The third-order valence-electron chi connectivity index (χ3n) is 3.01. The van der Waals surface area contributed by atoms with Gasteiger partial charge in [0.15, 0.2) is 0 Å². The van der Waals surface area contributed by atoms with E-state index in [0.29, 0.717) is 10.3 Å². The molecule has 0 aliphatic heterocycles. The minimum Gasteiger partial charge on any atom is -0.480 e. The van der Waals surface area contributed by atoms with Crippen molar-refractivity contribution >= 4 is 27.7 Å². The number of carbonyl (C=O) groups excluding carboxylic acids is 1. The first-order chi connectivity index (χ1) is 11.0. The van der Waals surface area contributed by atoms with E-state index in [-0.39, 0.29) is 23.6 Å². The van der Waals surface area contributed by atoms with Crippen molar-refractivity contribution in [2.75, 3.05) is 19.5 Å². The number of aromatic nitrogens is 1. The molecule has 0 saturated heterocycles. The van der Waals surface area contributed by atoms with E-state index in [1.165, 1.54) is 38.5 Å². The van der Waals surface area contributed by atoms with E-state index in [2.05, 4.69) is 31.0 Å². The van der Waals surface area contributed by atoms with Crippen LogP contribution in [-0.2, 0) is 11.3 Å². The number of ether oxygens (including phenoxy) is 2. The maximum absolute atomic E-state index is 13.8. The molecule has 5 nitrogen and oxygen atoms in total. The second-order valence-electron chi connectivity index (χ2n) is 4.45. The predicted molar refractivity (Wildman–Crippen MR) is 83.5 cm³/mol. The summed E-state index contributed by atoms with van der Waals surface area (Å²) < 4.78 is 37.5. The fourth-order valence-electron chi connectivity index (χ4n) is 1.88. The summed E-state index contributed by atoms with van der Waals surface area (Å²) in [6, 6.07) is 5.29. The number of hydrogen-bond acceptors (Lipinski definition) is 5. The maximum Gasteiger partial charge on any atom is 0.343 e. The Labute approximate surface area is 139 Å². The molecule has 0 radical (unpaired) electrons. The normalized spacial score (nSPS) is 10.3. The van der Waals surface area contributed by atoms with Gasteiger partial charge in [0.25, 0.3) is 0 Å². The minimum absolute atomic E-state index is 0.0543. The molecule has 122 valence electrons. The van der Waals surface area contributed by atoms with Gasteiger partial charge in [0, 0.05) is 16.6 Å². The molecule has 1 aromatic carbocycles. The molecular weight excluding hydrogens is 374 g/mol. The largest absolute Gasteiger partial charge is 0.480 e. The Balaban J connectivity index is 2.20. The first-order valence-electron chi connectivity index (χ1n) is 6.47. The molecule has 2 aromatic rings. The lowest BCUT2D eigenvalue weighted by Crippen LogP contribution is -2.09. The topological polar surface area (TPSA) is 60.5 Å². The van der Waals surface area contributed by atoms with E-state index in [9.17, 15) is 13.6 Å². The van der Waals surface area contributed by atoms with Crippen LogP contribution in [0.5, 0.6) is 5.88 Å². The summed E-state index contributed by atoms with van der Waals surface area (Å²) in [6.45, 7) is -0.112. The van der Waals surface area contributed by atoms with E-state index >= 15 is 0 Å². The molecule has 0 amide bonds. The summed E-state index contributed by atoms with van der Waals surface area (Å²) in [6.07, 6.45) is 0. The molecule has 0 unspecified atom stereocenters. The van der Waals surface area contributed by atoms with Crippen LogP contribution in [0.4, 0.5) is 14.6 Å². The van der Waals surface area contributed by atoms with E-state index in [0.717, 1.165) is 0 Å². The number of nitrogens with zero attached hydrogens (tertiary/aromatic N) is 1. The summed E-state index contributed by atoms with van der Waals surface area (Å²) in [5.41, 5.74) is 0.0348. The van der Waals surface area contributed by atoms with Crippen LogP contribution >= 0.6 is 15.9 Å². The Hall–Kier alpha value is -2.22. The van der Waals surface area contributed by atoms with E-state index in [1.54, 1.807) is 0 Å². The zero-order chi connectivity index (χ0) is 17.0. The molecule has 0 fully saturated rings. The fourth-order valence-corrected chi connectivity index (χ4v) is 2.28. The second-order valence-corrected chi connectivity index (χ2v) is 5.36. The molecule has 0 spiro atoms. The van der Waals surface area contributed by atoms with Gasteiger partial charge in [0.05, 0.1) is 14.2 Å². The standard InChI is InChI=1S/C15H13BrF2N2O3/c1-22-14-9(15(21)23-2)3-4-13(20-14)19-7-10-11(17)5-8(16)6-12(10)18/h3-6H,7H2,1-2H3,(H,19,20). The van der Waals surface area contributed by atoms with Gasteiger partial charge < -0.3 is 14.8 Å². The lowest BCUT2D eigenvalue weighted by molar-refractivity contribution is 0.0596. The zero-order valence-electron chi connectivity index (χ0n) is 12.3. The second kappa shape index (κ2) is 7.36. The number of esters is 1. The van der Waals surface area contributed by atoms with E-state index in [1.807, 2.05) is 0 Å². The van der Waals surface area contributed by atoms with Crippen molar-refractivity contribution in [2.45, 2.75) is 6.54 Å². The molecule has 0 atom stereocenters. The molecule has 8 heteroatoms. The maximum atomic E-state index is 13.8. The van der Waals surface area contributed by atoms with Crippen LogP contribution in [-0.4, -0.2) is 25.2 Å². The minimum atomic E-state index is -0.678. The smallest absolute Gasteiger partial charge is 0.343 e. The van der Waals surface area contributed by atoms with Gasteiger partial charge in [-0.1, -0.05) is 15.9 Å². The highest BCUT2D eigenvalue weighted by Gasteiger charge is 2.15. The van der Waals surface area contributed by atoms with Gasteiger partial charge >= 0.3 is 5.97 Å². The van der Waals surface area contributed by atoms with Crippen molar-refractivity contribution in [3.8, 4) is 5.88 Å². The highest BCUT2D eigenvalue weighted by molar-refractivity contribution is 9.10. The number of benzene rings is 1. The average molecular weight is 387 g/mol. The van der Waals surface area contributed by atoms with Crippen molar-refractivity contribution in [3.63, 3.8) is 0 Å². The molecule has 0 aliphatic carbocycles. The summed E-state index contributed by atoms with van der Waals surface area (Å²) in [4.78, 5) is 15.6. The van der Waals surface area contributed by atoms with Gasteiger partial charge in [0.2, 0.25) is 5.88 Å². The summed E-state index contributed by atoms with van der Waals surface area (Å²) >= 11 is 3.02. The Morgan fingerprint density at radius 3 is 2.48 bits per heavy atom. The van der Waals surface area contributed by atoms with Gasteiger partial charge in [-0.2, -0.15) is 4.98 Å². The van der Waals surface area contributed by atoms with Gasteiger partial charge in [-0.25, -0.2) is 13.6 Å². The summed E-state index contributed by atoms with van der Waals surface area (Å²) in [5.74, 6) is -1.59. The summed E-state index contributed by atoms with van der Waals surface area (Å²) in [5, 5.41) is 2.78. The van der Waals surface area contributed by atoms with Crippen LogP contribution in [0.15, 0.2) is 28.7 Å². The van der Waals surface area contributed by atoms with Crippen molar-refractivity contribution < 1.29 is 23.0 Å². The predicted octanol–water partition coefficient (Wildman–Crippen LogP) is 3.53. The van der Waals surface area contributed by atoms with Crippen LogP contribution in [0.1, 0.15) is 15.9 Å². The van der Waals surface area contributed by atoms with Gasteiger partial charge in [-0.15, -0.1) is 0 Å². The van der Waals surface area contributed by atoms with Crippen LogP contribution in [0, 0.1) is 11.6 Å². The number of anilines is 1. The fraction of sp³-hybridized carbons (Fsp3) is 0.200. The van der Waals surface area contributed by atoms with Crippen LogP contribution in [0.3, 0.4) is 0 Å². The molecule has 1 heterocycles. The van der Waals surface area contributed by atoms with Gasteiger partial charge in [0.1, 0.15) is 23.0 Å². The number of halogens is 3. The van der Waals surface area contributed by atoms with Crippen molar-refractivity contribution in [3.05, 3.63) is 51.5 Å². The van der Waals surface area contributed by atoms with Gasteiger partial charge in [-0.05, 0) is 24.3 Å². The summed E-state index contributed by atoms with van der Waals surface area (Å²) in [7, 11) is 2.60. The highest BCUT2D eigenvalue weighted by Crippen LogP contribution is 2.22. The lowest BCUT2D eigenvalue weighted by atomic mass is 10.2. The Kier molecular flexibility index (Phi) is 5.49. The Morgan fingerprint density at radius 2 is 1.91 bits per heavy atom. The van der Waals surface area contributed by atoms with Crippen molar-refractivity contribution in [1.82, 2.24) is 4.98 Å². The Bertz CT molecular complexity index is 718. The number of hydrogen-bond donors (Lipinski definition) is 1. The van der Waals surface area contributed by atoms with Crippen molar-refractivity contribution in [2.24, 2.45) is 0 Å². The number of nitrogens with one attached hydrogen (secondary N) is 1. The van der Waals surface area contributed by atoms with Crippen LogP contribution in [0.25, 0.3) is 0 Å². The SMILES string of the molecule is COC(=O)c1ccc(NCc2c(F)cc(Br)cc2F)nc1OC. The quantitative estimate of drug-likeness (QED) is 0.796. The number of methoxy groups -OCH3 is 2. The van der Waals surface area contributed by atoms with Crippen LogP contribution in [0.2, 0.25) is 0 Å². The average Bonchev–Trinajstić information content (AvgIpc) is 2.52. The third kappa shape index (κ3) is 3.95. The number of rotatable bonds is 5. The van der Waals surface area contributed by atoms with E-state index in [4.69, 9.17) is 4.74 Å². The van der Waals surface area contributed by atoms with Gasteiger partial charge in [-0.3, -0.25) is 0 Å². The molecule has 0 saturated carbocycles. The molecule has 1 aromatic heterocycles. The lowest BCUT2D eigenvalue weighted by Gasteiger charge is -2.11. The van der Waals surface area contributed by atoms with Crippen molar-refractivity contribution in [1.29, 1.82) is 0 Å². The first-order valence-corrected chi connectivity index (χ1v) is 7.26. The first kappa shape index (κ1) is 17.1. The third-order valence-corrected chi connectivity index (χ3v) is 3.47. The van der Waals surface area contributed by atoms with Crippen LogP contribution < -0.4 is 10.1 Å². The highest BCUT2D eigenvalue weighted by atomic mass is 79.9.